The number of nitrogen functional groups attached to an aromatic ring is 2. The fraction of sp³-hybridized carbons (Fsp3) is 0.396. The molecule has 4 aliphatic rings. The van der Waals surface area contributed by atoms with E-state index in [2.05, 4.69) is 39.3 Å². The molecule has 0 aromatic heterocycles. The van der Waals surface area contributed by atoms with E-state index in [1.165, 1.54) is 33.8 Å². The second-order valence-corrected chi connectivity index (χ2v) is 32.0. The number of hydrogen-bond donors (Lipinski definition) is 2. The Labute approximate surface area is 418 Å². The van der Waals surface area contributed by atoms with Gasteiger partial charge in [-0.3, -0.25) is 29.0 Å². The van der Waals surface area contributed by atoms with Crippen molar-refractivity contribution < 1.29 is 47.6 Å². The molecule has 71 heavy (non-hydrogen) atoms. The third-order valence-corrected chi connectivity index (χ3v) is 16.5. The summed E-state index contributed by atoms with van der Waals surface area (Å²) >= 11 is 0. The zero-order chi connectivity index (χ0) is 50.8. The van der Waals surface area contributed by atoms with Crippen LogP contribution in [0.3, 0.4) is 0 Å². The highest BCUT2D eigenvalue weighted by Crippen LogP contribution is 2.44. The molecule has 4 aliphatic heterocycles. The van der Waals surface area contributed by atoms with E-state index in [0.29, 0.717) is 78.2 Å². The van der Waals surface area contributed by atoms with E-state index in [4.69, 9.17) is 39.9 Å². The van der Waals surface area contributed by atoms with Gasteiger partial charge in [0.05, 0.1) is 49.9 Å². The lowest BCUT2D eigenvalue weighted by molar-refractivity contribution is -0.123. The molecule has 0 bridgehead atoms. The highest BCUT2D eigenvalue weighted by atomic mass is 28.3. The molecule has 0 radical (unpaired) electrons. The minimum absolute atomic E-state index is 0.0490. The molecule has 4 amide bonds. The fourth-order valence-electron chi connectivity index (χ4n) is 8.89. The van der Waals surface area contributed by atoms with Crippen LogP contribution in [-0.4, -0.2) is 116 Å². The first-order valence-electron chi connectivity index (χ1n) is 24.1. The summed E-state index contributed by atoms with van der Waals surface area (Å²) in [6.07, 6.45) is 4.53. The number of benzene rings is 4. The van der Waals surface area contributed by atoms with Crippen molar-refractivity contribution in [3.63, 3.8) is 0 Å². The first-order chi connectivity index (χ1) is 33.8. The van der Waals surface area contributed by atoms with Crippen molar-refractivity contribution in [2.45, 2.75) is 82.7 Å². The van der Waals surface area contributed by atoms with Crippen molar-refractivity contribution in [2.24, 2.45) is 0 Å². The largest absolute Gasteiger partial charge is 0.493 e. The SMILES string of the molecule is COc1cc2c(cc1OCCCOc1cc3c(cc1OC)C(=O)N1C=C(c4ccc(N)cc4)C[C@H]1C(=O)N3COCC[Si](C)(C)C)N(COCC[Si](C)(C)C)C(=O)[C@@H]1CC(c3ccc(N)cc3)=CN1C2=O. The number of carbonyl (C=O) groups is 4. The number of methoxy groups -OCH3 is 2. The molecular formula is C53H66N6O10Si2. The van der Waals surface area contributed by atoms with Crippen molar-refractivity contribution in [3.8, 4) is 23.0 Å². The summed E-state index contributed by atoms with van der Waals surface area (Å²) in [5.41, 5.74) is 17.9. The maximum Gasteiger partial charge on any atom is 0.260 e. The van der Waals surface area contributed by atoms with Crippen LogP contribution in [0, 0.1) is 0 Å². The van der Waals surface area contributed by atoms with E-state index in [1.54, 1.807) is 60.9 Å². The Hall–Kier alpha value is -6.61. The van der Waals surface area contributed by atoms with Gasteiger partial charge in [0.25, 0.3) is 23.6 Å². The summed E-state index contributed by atoms with van der Waals surface area (Å²) in [6, 6.07) is 21.6. The highest BCUT2D eigenvalue weighted by Gasteiger charge is 2.45. The van der Waals surface area contributed by atoms with Gasteiger partial charge >= 0.3 is 0 Å². The summed E-state index contributed by atoms with van der Waals surface area (Å²) in [5.74, 6) is 0.0557. The van der Waals surface area contributed by atoms with E-state index in [-0.39, 0.29) is 61.4 Å². The molecule has 0 saturated heterocycles. The third kappa shape index (κ3) is 11.3. The molecule has 4 heterocycles. The summed E-state index contributed by atoms with van der Waals surface area (Å²) < 4.78 is 36.6. The number of ether oxygens (including phenoxy) is 6. The Kier molecular flexibility index (Phi) is 15.0. The van der Waals surface area contributed by atoms with E-state index < -0.39 is 28.2 Å². The monoisotopic (exact) mass is 1000 g/mol. The molecule has 0 saturated carbocycles. The molecule has 376 valence electrons. The average molecular weight is 1000 g/mol. The van der Waals surface area contributed by atoms with Gasteiger partial charge in [0.15, 0.2) is 23.0 Å². The Bertz CT molecular complexity index is 2550. The Balaban J connectivity index is 1.01. The quantitative estimate of drug-likeness (QED) is 0.0489. The van der Waals surface area contributed by atoms with Crippen molar-refractivity contribution in [1.29, 1.82) is 0 Å². The lowest BCUT2D eigenvalue weighted by Crippen LogP contribution is -2.45. The minimum atomic E-state index is -1.44. The summed E-state index contributed by atoms with van der Waals surface area (Å²) in [4.78, 5) is 64.1. The van der Waals surface area contributed by atoms with E-state index in [0.717, 1.165) is 34.4 Å². The van der Waals surface area contributed by atoms with Gasteiger partial charge in [-0.2, -0.15) is 0 Å². The molecule has 18 heteroatoms. The van der Waals surface area contributed by atoms with E-state index in [1.807, 2.05) is 24.3 Å². The first-order valence-corrected chi connectivity index (χ1v) is 31.5. The number of anilines is 4. The number of fused-ring (bicyclic) bond motifs is 4. The molecular weight excluding hydrogens is 937 g/mol. The summed E-state index contributed by atoms with van der Waals surface area (Å²) in [7, 11) is 0.109. The summed E-state index contributed by atoms with van der Waals surface area (Å²) in [6.45, 7) is 14.7. The molecule has 8 rings (SSSR count). The van der Waals surface area contributed by atoms with Crippen LogP contribution in [0.4, 0.5) is 22.7 Å². The summed E-state index contributed by atoms with van der Waals surface area (Å²) in [5, 5.41) is 0. The molecule has 0 aliphatic carbocycles. The van der Waals surface area contributed by atoms with Crippen LogP contribution in [0.15, 0.2) is 85.2 Å². The topological polar surface area (TPSA) is 189 Å². The number of amides is 4. The molecule has 0 fully saturated rings. The van der Waals surface area contributed by atoms with Gasteiger partial charge < -0.3 is 49.7 Å². The maximum atomic E-state index is 14.6. The Morgan fingerprint density at radius 3 is 1.27 bits per heavy atom. The van der Waals surface area contributed by atoms with Gasteiger partial charge in [-0.05, 0) is 70.8 Å². The van der Waals surface area contributed by atoms with Crippen LogP contribution in [0.25, 0.3) is 11.1 Å². The van der Waals surface area contributed by atoms with Crippen molar-refractivity contribution in [3.05, 3.63) is 107 Å². The molecule has 4 aromatic rings. The minimum Gasteiger partial charge on any atom is -0.493 e. The van der Waals surface area contributed by atoms with Gasteiger partial charge in [0.2, 0.25) is 0 Å². The molecule has 0 unspecified atom stereocenters. The number of nitrogens with two attached hydrogens (primary N) is 2. The number of nitrogens with zero attached hydrogens (tertiary/aromatic N) is 4. The van der Waals surface area contributed by atoms with Gasteiger partial charge in [-0.25, -0.2) is 0 Å². The second kappa shape index (κ2) is 21.0. The Morgan fingerprint density at radius 2 is 0.915 bits per heavy atom. The van der Waals surface area contributed by atoms with Gasteiger partial charge in [-0.15, -0.1) is 0 Å². The molecule has 4 N–H and O–H groups in total. The highest BCUT2D eigenvalue weighted by molar-refractivity contribution is 6.76. The normalized spacial score (nSPS) is 17.8. The van der Waals surface area contributed by atoms with E-state index >= 15 is 0 Å². The Morgan fingerprint density at radius 1 is 0.535 bits per heavy atom. The lowest BCUT2D eigenvalue weighted by Gasteiger charge is -2.27. The van der Waals surface area contributed by atoms with Crippen LogP contribution in [0.5, 0.6) is 23.0 Å². The van der Waals surface area contributed by atoms with Crippen LogP contribution in [0.1, 0.15) is 51.1 Å². The van der Waals surface area contributed by atoms with Gasteiger partial charge in [-0.1, -0.05) is 63.5 Å². The van der Waals surface area contributed by atoms with Crippen LogP contribution in [0.2, 0.25) is 51.4 Å². The van der Waals surface area contributed by atoms with Gasteiger partial charge in [0, 0.05) is 84.5 Å². The van der Waals surface area contributed by atoms with Crippen LogP contribution >= 0.6 is 0 Å². The predicted octanol–water partition coefficient (Wildman–Crippen LogP) is 8.55. The molecule has 0 spiro atoms. The predicted molar refractivity (Wildman–Crippen MR) is 281 cm³/mol. The smallest absolute Gasteiger partial charge is 0.260 e. The average Bonchev–Trinajstić information content (AvgIpc) is 3.96. The maximum absolute atomic E-state index is 14.6. The lowest BCUT2D eigenvalue weighted by atomic mass is 10.0. The number of carbonyl (C=O) groups excluding carboxylic acids is 4. The molecule has 4 aromatic carbocycles. The van der Waals surface area contributed by atoms with Gasteiger partial charge in [0.1, 0.15) is 25.5 Å². The molecule has 16 nitrogen and oxygen atoms in total. The fourth-order valence-corrected chi connectivity index (χ4v) is 10.4. The zero-order valence-electron chi connectivity index (χ0n) is 42.0. The third-order valence-electron chi connectivity index (χ3n) is 13.1. The van der Waals surface area contributed by atoms with Crippen LogP contribution in [-0.2, 0) is 19.1 Å². The van der Waals surface area contributed by atoms with Crippen LogP contribution < -0.4 is 40.2 Å². The molecule has 2 atom stereocenters. The van der Waals surface area contributed by atoms with Crippen molar-refractivity contribution in [2.75, 3.05) is 75.4 Å². The zero-order valence-corrected chi connectivity index (χ0v) is 44.0. The number of hydrogen-bond acceptors (Lipinski definition) is 12. The number of rotatable bonds is 20. The van der Waals surface area contributed by atoms with Crippen molar-refractivity contribution >= 4 is 73.7 Å². The van der Waals surface area contributed by atoms with E-state index in [9.17, 15) is 19.2 Å². The van der Waals surface area contributed by atoms with Crippen molar-refractivity contribution in [1.82, 2.24) is 9.80 Å². The standard InChI is InChI=1S/C53H66N6O10Si2/c1-64-46-26-40-42(58(32-66-20-22-70(3,4)5)52(62)44-24-36(30-56(44)50(40)60)34-10-14-38(54)15-11-34)28-48(46)68-18-9-19-69-49-29-43-41(27-47(49)65-2)51(61)57-31-37(35-12-16-39(55)17-13-35)25-45(57)53(63)59(43)33-67-21-23-71(6,7)8/h10-17,26-31,44-45H,9,18-25,32-33,54-55H2,1-8H3/t44-,45-/m0/s1. The first kappa shape index (κ1) is 50.8. The second-order valence-electron chi connectivity index (χ2n) is 20.7.